The van der Waals surface area contributed by atoms with Crippen LogP contribution in [0.5, 0.6) is 0 Å². The topological polar surface area (TPSA) is 90.0 Å². The Bertz CT molecular complexity index is 941. The highest BCUT2D eigenvalue weighted by Crippen LogP contribution is 2.14. The molecule has 8 nitrogen and oxygen atoms in total. The van der Waals surface area contributed by atoms with Crippen LogP contribution in [-0.4, -0.2) is 35.4 Å². The van der Waals surface area contributed by atoms with E-state index in [-0.39, 0.29) is 5.56 Å². The number of aryl methyl sites for hydroxylation is 3. The van der Waals surface area contributed by atoms with Crippen molar-refractivity contribution in [1.82, 2.24) is 34.7 Å². The van der Waals surface area contributed by atoms with Gasteiger partial charge in [0.1, 0.15) is 16.7 Å². The van der Waals surface area contributed by atoms with E-state index in [1.165, 1.54) is 15.9 Å². The third-order valence-corrected chi connectivity index (χ3v) is 5.23. The zero-order valence-corrected chi connectivity index (χ0v) is 14.5. The first-order valence-electron chi connectivity index (χ1n) is 8.14. The van der Waals surface area contributed by atoms with Crippen LogP contribution in [0.15, 0.2) is 10.9 Å². The molecular weight excluding hydrogens is 326 g/mol. The molecule has 126 valence electrons. The lowest BCUT2D eigenvalue weighted by Crippen LogP contribution is -2.37. The molecule has 1 aliphatic heterocycles. The van der Waals surface area contributed by atoms with E-state index < -0.39 is 0 Å². The van der Waals surface area contributed by atoms with Gasteiger partial charge < -0.3 is 5.32 Å². The molecule has 1 aliphatic rings. The third-order valence-electron chi connectivity index (χ3n) is 4.18. The van der Waals surface area contributed by atoms with Gasteiger partial charge in [-0.3, -0.25) is 4.79 Å². The molecule has 0 amide bonds. The highest BCUT2D eigenvalue weighted by molar-refractivity contribution is 7.16. The van der Waals surface area contributed by atoms with E-state index in [1.807, 2.05) is 18.5 Å². The van der Waals surface area contributed by atoms with Crippen molar-refractivity contribution in [1.29, 1.82) is 0 Å². The molecule has 1 N–H and O–H groups in total. The quantitative estimate of drug-likeness (QED) is 0.749. The molecule has 0 unspecified atom stereocenters. The number of aromatic nitrogens is 6. The van der Waals surface area contributed by atoms with E-state index in [1.54, 1.807) is 6.07 Å². The molecule has 0 spiro atoms. The van der Waals surface area contributed by atoms with Crippen LogP contribution >= 0.6 is 11.3 Å². The molecule has 9 heteroatoms. The first kappa shape index (κ1) is 15.4. The van der Waals surface area contributed by atoms with Crippen LogP contribution in [-0.2, 0) is 25.9 Å². The second-order valence-electron chi connectivity index (χ2n) is 6.00. The lowest BCUT2D eigenvalue weighted by molar-refractivity contribution is 0.356. The molecule has 0 radical (unpaired) electrons. The van der Waals surface area contributed by atoms with Crippen molar-refractivity contribution in [3.63, 3.8) is 0 Å². The minimum Gasteiger partial charge on any atom is -0.307 e. The Hall–Kier alpha value is -2.13. The van der Waals surface area contributed by atoms with Gasteiger partial charge in [0.2, 0.25) is 4.96 Å². The van der Waals surface area contributed by atoms with Crippen molar-refractivity contribution < 1.29 is 0 Å². The SMILES string of the molecule is CCc1nn2c(=O)cc(CN[C@@H]3CCc4nc(C)nn4C3)nc2s1. The van der Waals surface area contributed by atoms with E-state index in [0.717, 1.165) is 48.2 Å². The maximum absolute atomic E-state index is 12.2. The molecular formula is C15H19N7OS. The predicted octanol–water partition coefficient (Wildman–Crippen LogP) is 0.718. The molecule has 0 saturated carbocycles. The standard InChI is InChI=1S/C15H19N7OS/c1-3-13-20-22-14(23)6-11(18-15(22)24-13)7-16-10-4-5-12-17-9(2)19-21(12)8-10/h6,10,16H,3-5,7-8H2,1-2H3/t10-/m1/s1. The molecule has 0 aromatic carbocycles. The summed E-state index contributed by atoms with van der Waals surface area (Å²) >= 11 is 1.47. The van der Waals surface area contributed by atoms with Crippen LogP contribution in [0.4, 0.5) is 0 Å². The summed E-state index contributed by atoms with van der Waals surface area (Å²) in [6, 6.07) is 1.87. The van der Waals surface area contributed by atoms with Gasteiger partial charge in [-0.05, 0) is 19.8 Å². The average molecular weight is 345 g/mol. The Labute approximate surface area is 142 Å². The molecule has 0 aliphatic carbocycles. The summed E-state index contributed by atoms with van der Waals surface area (Å²) in [5, 5.41) is 13.1. The van der Waals surface area contributed by atoms with Gasteiger partial charge in [-0.15, -0.1) is 0 Å². The summed E-state index contributed by atoms with van der Waals surface area (Å²) in [7, 11) is 0. The number of hydrogen-bond donors (Lipinski definition) is 1. The first-order valence-corrected chi connectivity index (χ1v) is 8.96. The van der Waals surface area contributed by atoms with Crippen molar-refractivity contribution in [2.75, 3.05) is 0 Å². The van der Waals surface area contributed by atoms with E-state index in [4.69, 9.17) is 0 Å². The van der Waals surface area contributed by atoms with Crippen LogP contribution in [0.25, 0.3) is 4.96 Å². The summed E-state index contributed by atoms with van der Waals surface area (Å²) in [6.45, 7) is 5.31. The number of nitrogens with one attached hydrogen (secondary N) is 1. The minimum atomic E-state index is -0.120. The molecule has 0 saturated heterocycles. The second kappa shape index (κ2) is 6.06. The minimum absolute atomic E-state index is 0.120. The van der Waals surface area contributed by atoms with Crippen LogP contribution < -0.4 is 10.9 Å². The van der Waals surface area contributed by atoms with Gasteiger partial charge in [0.05, 0.1) is 12.2 Å². The summed E-state index contributed by atoms with van der Waals surface area (Å²) in [4.78, 5) is 21.8. The Morgan fingerprint density at radius 2 is 2.25 bits per heavy atom. The Balaban J connectivity index is 1.48. The summed E-state index contributed by atoms with van der Waals surface area (Å²) in [5.41, 5.74) is 0.637. The average Bonchev–Trinajstić information content (AvgIpc) is 3.14. The number of rotatable bonds is 4. The van der Waals surface area contributed by atoms with Gasteiger partial charge in [-0.25, -0.2) is 14.6 Å². The fraction of sp³-hybridized carbons (Fsp3) is 0.533. The number of fused-ring (bicyclic) bond motifs is 2. The van der Waals surface area contributed by atoms with Gasteiger partial charge >= 0.3 is 0 Å². The van der Waals surface area contributed by atoms with Crippen molar-refractivity contribution >= 4 is 16.3 Å². The molecule has 24 heavy (non-hydrogen) atoms. The fourth-order valence-electron chi connectivity index (χ4n) is 2.98. The normalized spacial score (nSPS) is 17.3. The largest absolute Gasteiger partial charge is 0.307 e. The van der Waals surface area contributed by atoms with Gasteiger partial charge in [-0.2, -0.15) is 14.7 Å². The molecule has 0 bridgehead atoms. The number of hydrogen-bond acceptors (Lipinski definition) is 7. The summed E-state index contributed by atoms with van der Waals surface area (Å²) in [6.07, 6.45) is 2.74. The molecule has 4 rings (SSSR count). The Morgan fingerprint density at radius 3 is 3.08 bits per heavy atom. The second-order valence-corrected chi connectivity index (χ2v) is 7.04. The third kappa shape index (κ3) is 2.84. The zero-order valence-electron chi connectivity index (χ0n) is 13.7. The molecule has 0 fully saturated rings. The van der Waals surface area contributed by atoms with E-state index in [0.29, 0.717) is 17.5 Å². The van der Waals surface area contributed by atoms with Crippen LogP contribution in [0.1, 0.15) is 35.7 Å². The number of nitrogens with zero attached hydrogens (tertiary/aromatic N) is 6. The van der Waals surface area contributed by atoms with Crippen molar-refractivity contribution in [3.05, 3.63) is 38.8 Å². The lowest BCUT2D eigenvalue weighted by atomic mass is 10.1. The van der Waals surface area contributed by atoms with Crippen LogP contribution in [0.3, 0.4) is 0 Å². The molecule has 4 heterocycles. The van der Waals surface area contributed by atoms with Gasteiger partial charge in [0, 0.05) is 25.1 Å². The van der Waals surface area contributed by atoms with Crippen molar-refractivity contribution in [2.24, 2.45) is 0 Å². The molecule has 3 aromatic heterocycles. The first-order chi connectivity index (χ1) is 11.6. The molecule has 1 atom stereocenters. The highest BCUT2D eigenvalue weighted by atomic mass is 32.1. The monoisotopic (exact) mass is 345 g/mol. The highest BCUT2D eigenvalue weighted by Gasteiger charge is 2.20. The Morgan fingerprint density at radius 1 is 1.38 bits per heavy atom. The summed E-state index contributed by atoms with van der Waals surface area (Å²) < 4.78 is 3.36. The predicted molar refractivity (Wildman–Crippen MR) is 90.2 cm³/mol. The van der Waals surface area contributed by atoms with Crippen LogP contribution in [0.2, 0.25) is 0 Å². The van der Waals surface area contributed by atoms with Crippen LogP contribution in [0, 0.1) is 6.92 Å². The fourth-order valence-corrected chi connectivity index (χ4v) is 3.84. The Kier molecular flexibility index (Phi) is 3.89. The maximum atomic E-state index is 12.2. The smallest absolute Gasteiger partial charge is 0.275 e. The van der Waals surface area contributed by atoms with Crippen molar-refractivity contribution in [2.45, 2.75) is 52.2 Å². The van der Waals surface area contributed by atoms with Gasteiger partial charge in [-0.1, -0.05) is 18.3 Å². The maximum Gasteiger partial charge on any atom is 0.275 e. The van der Waals surface area contributed by atoms with E-state index in [9.17, 15) is 4.79 Å². The van der Waals surface area contributed by atoms with Gasteiger partial charge in [0.25, 0.3) is 5.56 Å². The van der Waals surface area contributed by atoms with E-state index in [2.05, 4.69) is 25.5 Å². The molecule has 3 aromatic rings. The van der Waals surface area contributed by atoms with E-state index >= 15 is 0 Å². The van der Waals surface area contributed by atoms with Crippen molar-refractivity contribution in [3.8, 4) is 0 Å². The lowest BCUT2D eigenvalue weighted by Gasteiger charge is -2.23. The summed E-state index contributed by atoms with van der Waals surface area (Å²) in [5.74, 6) is 1.88. The zero-order chi connectivity index (χ0) is 16.7. The van der Waals surface area contributed by atoms with Gasteiger partial charge in [0.15, 0.2) is 0 Å².